The van der Waals surface area contributed by atoms with Crippen molar-refractivity contribution in [2.24, 2.45) is 0 Å². The highest BCUT2D eigenvalue weighted by Crippen LogP contribution is 2.37. The third-order valence-electron chi connectivity index (χ3n) is 11.4. The minimum Gasteiger partial charge on any atom is -0.465 e. The summed E-state index contributed by atoms with van der Waals surface area (Å²) in [6.45, 7) is 2.54. The predicted molar refractivity (Wildman–Crippen MR) is 226 cm³/mol. The summed E-state index contributed by atoms with van der Waals surface area (Å²) in [7, 11) is 1.36. The number of ether oxygens (including phenoxy) is 1. The number of aryl methyl sites for hydroxylation is 2. The Labute approximate surface area is 324 Å². The lowest BCUT2D eigenvalue weighted by Gasteiger charge is -2.24. The molecule has 2 aromatic heterocycles. The summed E-state index contributed by atoms with van der Waals surface area (Å²) in [6, 6.07) is 54.8. The molecule has 0 N–H and O–H groups in total. The molecule has 1 amide bonds. The van der Waals surface area contributed by atoms with E-state index in [1.165, 1.54) is 73.0 Å². The fraction of sp³-hybridized carbons (Fsp3) is 0.120. The average molecular weight is 730 g/mol. The van der Waals surface area contributed by atoms with Gasteiger partial charge in [0.1, 0.15) is 0 Å². The van der Waals surface area contributed by atoms with E-state index in [-0.39, 0.29) is 5.91 Å². The Morgan fingerprint density at radius 1 is 0.464 bits per heavy atom. The quantitative estimate of drug-likeness (QED) is 0.170. The van der Waals surface area contributed by atoms with Crippen LogP contribution in [0.1, 0.15) is 38.3 Å². The van der Waals surface area contributed by atoms with Gasteiger partial charge in [0.15, 0.2) is 0 Å². The third kappa shape index (κ3) is 5.82. The number of benzene rings is 7. The molecule has 8 bridgehead atoms. The largest absolute Gasteiger partial charge is 0.465 e. The first-order valence-corrected chi connectivity index (χ1v) is 19.2. The van der Waals surface area contributed by atoms with Gasteiger partial charge in [-0.1, -0.05) is 84.9 Å². The Bertz CT molecular complexity index is 2790. The van der Waals surface area contributed by atoms with Gasteiger partial charge < -0.3 is 18.8 Å². The number of carbonyl (C=O) groups is 2. The average Bonchev–Trinajstić information content (AvgIpc) is 3.73. The molecule has 9 aromatic rings. The fourth-order valence-electron chi connectivity index (χ4n) is 8.68. The van der Waals surface area contributed by atoms with Crippen LogP contribution in [0.4, 0.5) is 0 Å². The second kappa shape index (κ2) is 13.7. The van der Waals surface area contributed by atoms with Crippen LogP contribution in [0.15, 0.2) is 158 Å². The zero-order valence-corrected chi connectivity index (χ0v) is 31.1. The number of esters is 1. The molecule has 56 heavy (non-hydrogen) atoms. The maximum absolute atomic E-state index is 14.5. The SMILES string of the molecule is COC(=O)c1ccc(C(=O)N2Cc3ccc4c(c3)c3cc(-c5ccccc5)ccc3n4CCCn3c4ccc(cc4c4cc(-c5ccccc5)ccc43)C2)cc1. The van der Waals surface area contributed by atoms with Gasteiger partial charge in [0.25, 0.3) is 5.91 Å². The standard InChI is InChI=1S/C50H39N3O3/c1-56-50(55)38-17-15-37(16-18-38)49(54)51-31-33-13-21-45-41(27-33)43-29-39(35-9-4-2-5-10-35)19-23-47(43)52(45)25-8-26-53-46-22-14-34(32-51)28-42(46)44-30-40(20-24-48(44)53)36-11-6-3-7-12-36/h2-7,9-24,27-30H,8,25-26,31-32H2,1H3. The van der Waals surface area contributed by atoms with Gasteiger partial charge in [0, 0.05) is 75.4 Å². The minimum atomic E-state index is -0.431. The number of nitrogens with zero attached hydrogens (tertiary/aromatic N) is 3. The minimum absolute atomic E-state index is 0.106. The first-order chi connectivity index (χ1) is 27.5. The molecule has 0 fully saturated rings. The molecule has 272 valence electrons. The number of hydrogen-bond acceptors (Lipinski definition) is 3. The van der Waals surface area contributed by atoms with Crippen molar-refractivity contribution in [3.8, 4) is 22.3 Å². The molecule has 0 saturated carbocycles. The van der Waals surface area contributed by atoms with Crippen LogP contribution in [0.3, 0.4) is 0 Å². The highest BCUT2D eigenvalue weighted by Gasteiger charge is 2.21. The predicted octanol–water partition coefficient (Wildman–Crippen LogP) is 11.3. The summed E-state index contributed by atoms with van der Waals surface area (Å²) in [5.41, 5.74) is 12.6. The Balaban J connectivity index is 1.15. The van der Waals surface area contributed by atoms with Crippen LogP contribution in [0.25, 0.3) is 65.9 Å². The van der Waals surface area contributed by atoms with E-state index in [2.05, 4.69) is 143 Å². The summed E-state index contributed by atoms with van der Waals surface area (Å²) in [5, 5.41) is 4.78. The molecule has 0 saturated heterocycles. The van der Waals surface area contributed by atoms with E-state index in [1.807, 2.05) is 4.90 Å². The van der Waals surface area contributed by atoms with Crippen molar-refractivity contribution in [3.63, 3.8) is 0 Å². The maximum Gasteiger partial charge on any atom is 0.337 e. The molecule has 0 unspecified atom stereocenters. The van der Waals surface area contributed by atoms with E-state index in [9.17, 15) is 9.59 Å². The molecule has 6 heteroatoms. The monoisotopic (exact) mass is 729 g/mol. The zero-order chi connectivity index (χ0) is 37.8. The Morgan fingerprint density at radius 2 is 0.893 bits per heavy atom. The number of hydrogen-bond donors (Lipinski definition) is 0. The summed E-state index contributed by atoms with van der Waals surface area (Å²) < 4.78 is 9.86. The molecule has 13 rings (SSSR count). The van der Waals surface area contributed by atoms with Gasteiger partial charge in [-0.15, -0.1) is 0 Å². The number of rotatable bonds is 4. The first-order valence-electron chi connectivity index (χ1n) is 19.2. The summed E-state index contributed by atoms with van der Waals surface area (Å²) in [6.07, 6.45) is 0.958. The molecular weight excluding hydrogens is 691 g/mol. The van der Waals surface area contributed by atoms with Gasteiger partial charge in [0.05, 0.1) is 12.7 Å². The van der Waals surface area contributed by atoms with E-state index in [1.54, 1.807) is 24.3 Å². The smallest absolute Gasteiger partial charge is 0.337 e. The van der Waals surface area contributed by atoms with Crippen LogP contribution in [0.2, 0.25) is 0 Å². The van der Waals surface area contributed by atoms with E-state index in [4.69, 9.17) is 4.74 Å². The fourth-order valence-corrected chi connectivity index (χ4v) is 8.68. The summed E-state index contributed by atoms with van der Waals surface area (Å²) >= 11 is 0. The number of amides is 1. The van der Waals surface area contributed by atoms with Crippen LogP contribution >= 0.6 is 0 Å². The van der Waals surface area contributed by atoms with Crippen molar-refractivity contribution in [3.05, 3.63) is 180 Å². The lowest BCUT2D eigenvalue weighted by molar-refractivity contribution is 0.0599. The molecule has 6 nitrogen and oxygen atoms in total. The highest BCUT2D eigenvalue weighted by atomic mass is 16.5. The Hall–Kier alpha value is -6.92. The van der Waals surface area contributed by atoms with Crippen LogP contribution in [-0.2, 0) is 30.9 Å². The van der Waals surface area contributed by atoms with Crippen molar-refractivity contribution in [2.75, 3.05) is 7.11 Å². The number of carbonyl (C=O) groups excluding carboxylic acids is 2. The number of methoxy groups -OCH3 is 1. The van der Waals surface area contributed by atoms with Gasteiger partial charge in [-0.25, -0.2) is 4.79 Å². The maximum atomic E-state index is 14.5. The van der Waals surface area contributed by atoms with Crippen molar-refractivity contribution < 1.29 is 14.3 Å². The Morgan fingerprint density at radius 3 is 1.36 bits per heavy atom. The number of fused-ring (bicyclic) bond motifs is 2. The lowest BCUT2D eigenvalue weighted by Crippen LogP contribution is -2.30. The number of aromatic nitrogens is 2. The van der Waals surface area contributed by atoms with Crippen molar-refractivity contribution in [1.29, 1.82) is 0 Å². The Kier molecular flexibility index (Phi) is 8.25. The molecular formula is C50H39N3O3. The lowest BCUT2D eigenvalue weighted by atomic mass is 10.0. The van der Waals surface area contributed by atoms with Crippen molar-refractivity contribution in [2.45, 2.75) is 32.6 Å². The molecule has 6 heterocycles. The second-order valence-corrected chi connectivity index (χ2v) is 14.8. The summed E-state index contributed by atoms with van der Waals surface area (Å²) in [5.74, 6) is -0.537. The molecule has 0 radical (unpaired) electrons. The van der Waals surface area contributed by atoms with Gasteiger partial charge in [0.2, 0.25) is 0 Å². The molecule has 4 aliphatic rings. The van der Waals surface area contributed by atoms with E-state index < -0.39 is 5.97 Å². The van der Waals surface area contributed by atoms with Gasteiger partial charge in [-0.3, -0.25) is 4.79 Å². The molecule has 4 aliphatic heterocycles. The molecule has 7 aromatic carbocycles. The van der Waals surface area contributed by atoms with Crippen molar-refractivity contribution in [1.82, 2.24) is 14.0 Å². The molecule has 0 aliphatic carbocycles. The van der Waals surface area contributed by atoms with Crippen LogP contribution in [0, 0.1) is 0 Å². The molecule has 0 spiro atoms. The first kappa shape index (κ1) is 33.6. The highest BCUT2D eigenvalue weighted by molar-refractivity contribution is 6.11. The van der Waals surface area contributed by atoms with E-state index >= 15 is 0 Å². The van der Waals surface area contributed by atoms with Crippen LogP contribution in [-0.4, -0.2) is 33.0 Å². The summed E-state index contributed by atoms with van der Waals surface area (Å²) in [4.78, 5) is 28.7. The normalized spacial score (nSPS) is 13.2. The van der Waals surface area contributed by atoms with Gasteiger partial charge in [-0.05, 0) is 113 Å². The third-order valence-corrected chi connectivity index (χ3v) is 11.4. The van der Waals surface area contributed by atoms with Gasteiger partial charge >= 0.3 is 5.97 Å². The van der Waals surface area contributed by atoms with E-state index in [0.717, 1.165) is 30.6 Å². The second-order valence-electron chi connectivity index (χ2n) is 14.8. The zero-order valence-electron chi connectivity index (χ0n) is 31.1. The van der Waals surface area contributed by atoms with Crippen molar-refractivity contribution >= 4 is 55.5 Å². The molecule has 0 atom stereocenters. The van der Waals surface area contributed by atoms with Gasteiger partial charge in [-0.2, -0.15) is 0 Å². The van der Waals surface area contributed by atoms with Crippen LogP contribution in [0.5, 0.6) is 0 Å². The topological polar surface area (TPSA) is 56.5 Å². The van der Waals surface area contributed by atoms with E-state index in [0.29, 0.717) is 24.2 Å². The van der Waals surface area contributed by atoms with Crippen LogP contribution < -0.4 is 0 Å².